The van der Waals surface area contributed by atoms with E-state index in [0.29, 0.717) is 18.7 Å². The lowest BCUT2D eigenvalue weighted by Crippen LogP contribution is -2.53. The third kappa shape index (κ3) is 2.40. The number of nitrogens with zero attached hydrogens (tertiary/aromatic N) is 4. The Bertz CT molecular complexity index is 895. The highest BCUT2D eigenvalue weighted by atomic mass is 32.1. The molecule has 3 aromatic heterocycles. The molecule has 1 saturated heterocycles. The SMILES string of the molecule is CC(C)n1ncc2c(C(=O)N3CC(O)C3)cc(-c3cccs3)nc21. The summed E-state index contributed by atoms with van der Waals surface area (Å²) in [6.07, 6.45) is 1.30. The fourth-order valence-corrected chi connectivity index (χ4v) is 3.60. The van der Waals surface area contributed by atoms with Crippen LogP contribution in [-0.2, 0) is 0 Å². The molecule has 1 fully saturated rings. The predicted molar refractivity (Wildman–Crippen MR) is 93.1 cm³/mol. The van der Waals surface area contributed by atoms with Crippen molar-refractivity contribution in [2.45, 2.75) is 26.0 Å². The zero-order chi connectivity index (χ0) is 16.8. The van der Waals surface area contributed by atoms with Crippen LogP contribution in [0.15, 0.2) is 29.8 Å². The largest absolute Gasteiger partial charge is 0.389 e. The van der Waals surface area contributed by atoms with Gasteiger partial charge in [-0.3, -0.25) is 4.79 Å². The minimum Gasteiger partial charge on any atom is -0.389 e. The van der Waals surface area contributed by atoms with Crippen LogP contribution >= 0.6 is 11.3 Å². The van der Waals surface area contributed by atoms with Gasteiger partial charge in [-0.25, -0.2) is 9.67 Å². The summed E-state index contributed by atoms with van der Waals surface area (Å²) < 4.78 is 1.84. The average Bonchev–Trinajstić information content (AvgIpc) is 3.19. The van der Waals surface area contributed by atoms with Crippen molar-refractivity contribution in [1.82, 2.24) is 19.7 Å². The number of likely N-dealkylation sites (tertiary alicyclic amines) is 1. The number of hydrogen-bond donors (Lipinski definition) is 1. The highest BCUT2D eigenvalue weighted by molar-refractivity contribution is 7.13. The maximum Gasteiger partial charge on any atom is 0.254 e. The van der Waals surface area contributed by atoms with Gasteiger partial charge in [-0.2, -0.15) is 5.10 Å². The number of hydrogen-bond acceptors (Lipinski definition) is 5. The van der Waals surface area contributed by atoms with E-state index in [2.05, 4.69) is 5.10 Å². The van der Waals surface area contributed by atoms with Crippen LogP contribution in [0.3, 0.4) is 0 Å². The van der Waals surface area contributed by atoms with Gasteiger partial charge in [0.2, 0.25) is 0 Å². The molecular weight excluding hydrogens is 324 g/mol. The minimum absolute atomic E-state index is 0.0752. The first-order chi connectivity index (χ1) is 11.5. The monoisotopic (exact) mass is 342 g/mol. The molecule has 0 bridgehead atoms. The minimum atomic E-state index is -0.415. The predicted octanol–water partition coefficient (Wildman–Crippen LogP) is 2.56. The van der Waals surface area contributed by atoms with E-state index in [4.69, 9.17) is 4.98 Å². The normalized spacial score (nSPS) is 15.2. The fraction of sp³-hybridized carbons (Fsp3) is 0.353. The van der Waals surface area contributed by atoms with E-state index < -0.39 is 6.10 Å². The summed E-state index contributed by atoms with van der Waals surface area (Å²) in [5.41, 5.74) is 2.10. The van der Waals surface area contributed by atoms with Crippen molar-refractivity contribution in [2.24, 2.45) is 0 Å². The summed E-state index contributed by atoms with van der Waals surface area (Å²) in [5.74, 6) is -0.0752. The number of aliphatic hydroxyl groups excluding tert-OH is 1. The molecule has 124 valence electrons. The highest BCUT2D eigenvalue weighted by Crippen LogP contribution is 2.30. The number of pyridine rings is 1. The molecular formula is C17H18N4O2S. The fourth-order valence-electron chi connectivity index (χ4n) is 2.91. The Labute approximate surface area is 143 Å². The summed E-state index contributed by atoms with van der Waals surface area (Å²) in [4.78, 5) is 20.3. The van der Waals surface area contributed by atoms with E-state index in [1.54, 1.807) is 22.4 Å². The number of β-amino-alcohol motifs (C(OH)–C–C–N with tert-alkyl or cyclic N) is 1. The van der Waals surface area contributed by atoms with Gasteiger partial charge in [0.05, 0.1) is 33.8 Å². The number of rotatable bonds is 3. The van der Waals surface area contributed by atoms with Crippen molar-refractivity contribution < 1.29 is 9.90 Å². The molecule has 1 amide bonds. The lowest BCUT2D eigenvalue weighted by Gasteiger charge is -2.36. The van der Waals surface area contributed by atoms with E-state index >= 15 is 0 Å². The van der Waals surface area contributed by atoms with Crippen molar-refractivity contribution in [2.75, 3.05) is 13.1 Å². The Hall–Kier alpha value is -2.25. The van der Waals surface area contributed by atoms with Crippen molar-refractivity contribution in [1.29, 1.82) is 0 Å². The lowest BCUT2D eigenvalue weighted by molar-refractivity contribution is 0.00603. The molecule has 0 aliphatic carbocycles. The standard InChI is InChI=1S/C17H18N4O2S/c1-10(2)21-16-13(7-18-21)12(17(23)20-8-11(22)9-20)6-14(19-16)15-4-3-5-24-15/h3-7,10-11,22H,8-9H2,1-2H3. The van der Waals surface area contributed by atoms with E-state index in [1.165, 1.54) is 0 Å². The van der Waals surface area contributed by atoms with Crippen LogP contribution < -0.4 is 0 Å². The van der Waals surface area contributed by atoms with Gasteiger partial charge in [0.15, 0.2) is 5.65 Å². The highest BCUT2D eigenvalue weighted by Gasteiger charge is 2.31. The molecule has 4 heterocycles. The quantitative estimate of drug-likeness (QED) is 0.794. The molecule has 1 aliphatic rings. The van der Waals surface area contributed by atoms with Gasteiger partial charge in [-0.05, 0) is 31.4 Å². The maximum absolute atomic E-state index is 12.8. The number of thiophene rings is 1. The Morgan fingerprint density at radius 1 is 1.42 bits per heavy atom. The summed E-state index contributed by atoms with van der Waals surface area (Å²) in [5, 5.41) is 16.7. The van der Waals surface area contributed by atoms with E-state index in [0.717, 1.165) is 21.6 Å². The van der Waals surface area contributed by atoms with Gasteiger partial charge >= 0.3 is 0 Å². The molecule has 0 unspecified atom stereocenters. The first-order valence-corrected chi connectivity index (χ1v) is 8.82. The molecule has 0 aromatic carbocycles. The summed E-state index contributed by atoms with van der Waals surface area (Å²) in [6.45, 7) is 4.85. The van der Waals surface area contributed by atoms with Gasteiger partial charge in [0, 0.05) is 19.1 Å². The molecule has 7 heteroatoms. The smallest absolute Gasteiger partial charge is 0.254 e. The second kappa shape index (κ2) is 5.68. The zero-order valence-electron chi connectivity index (χ0n) is 13.5. The molecule has 1 N–H and O–H groups in total. The molecule has 0 atom stereocenters. The first-order valence-electron chi connectivity index (χ1n) is 7.94. The number of carbonyl (C=O) groups excluding carboxylic acids is 1. The molecule has 24 heavy (non-hydrogen) atoms. The summed E-state index contributed by atoms with van der Waals surface area (Å²) in [7, 11) is 0. The number of aliphatic hydroxyl groups is 1. The van der Waals surface area contributed by atoms with E-state index in [1.807, 2.05) is 42.1 Å². The van der Waals surface area contributed by atoms with E-state index in [-0.39, 0.29) is 11.9 Å². The maximum atomic E-state index is 12.8. The van der Waals surface area contributed by atoms with Crippen LogP contribution in [-0.4, -0.2) is 49.9 Å². The number of aromatic nitrogens is 3. The van der Waals surface area contributed by atoms with Crippen LogP contribution in [0.2, 0.25) is 0 Å². The van der Waals surface area contributed by atoms with Gasteiger partial charge < -0.3 is 10.0 Å². The Balaban J connectivity index is 1.89. The second-order valence-electron chi connectivity index (χ2n) is 6.32. The van der Waals surface area contributed by atoms with Crippen molar-refractivity contribution in [3.63, 3.8) is 0 Å². The Morgan fingerprint density at radius 2 is 2.21 bits per heavy atom. The third-order valence-corrected chi connectivity index (χ3v) is 5.10. The Kier molecular flexibility index (Phi) is 3.62. The van der Waals surface area contributed by atoms with Crippen LogP contribution in [0.1, 0.15) is 30.2 Å². The number of fused-ring (bicyclic) bond motifs is 1. The van der Waals surface area contributed by atoms with Gasteiger partial charge in [0.1, 0.15) is 0 Å². The number of amides is 1. The zero-order valence-corrected chi connectivity index (χ0v) is 14.3. The summed E-state index contributed by atoms with van der Waals surface area (Å²) in [6, 6.07) is 5.96. The molecule has 0 spiro atoms. The second-order valence-corrected chi connectivity index (χ2v) is 7.26. The molecule has 6 nitrogen and oxygen atoms in total. The summed E-state index contributed by atoms with van der Waals surface area (Å²) >= 11 is 1.59. The van der Waals surface area contributed by atoms with Crippen LogP contribution in [0.5, 0.6) is 0 Å². The van der Waals surface area contributed by atoms with Crippen LogP contribution in [0.25, 0.3) is 21.6 Å². The van der Waals surface area contributed by atoms with Crippen LogP contribution in [0, 0.1) is 0 Å². The van der Waals surface area contributed by atoms with Crippen molar-refractivity contribution in [3.8, 4) is 10.6 Å². The van der Waals surface area contributed by atoms with Gasteiger partial charge in [0.25, 0.3) is 5.91 Å². The van der Waals surface area contributed by atoms with E-state index in [9.17, 15) is 9.90 Å². The van der Waals surface area contributed by atoms with Crippen LogP contribution in [0.4, 0.5) is 0 Å². The molecule has 1 aliphatic heterocycles. The van der Waals surface area contributed by atoms with Gasteiger partial charge in [-0.1, -0.05) is 6.07 Å². The molecule has 0 saturated carbocycles. The topological polar surface area (TPSA) is 71.2 Å². The molecule has 4 rings (SSSR count). The average molecular weight is 342 g/mol. The molecule has 0 radical (unpaired) electrons. The number of carbonyl (C=O) groups is 1. The first kappa shape index (κ1) is 15.3. The molecule has 3 aromatic rings. The third-order valence-electron chi connectivity index (χ3n) is 4.21. The Morgan fingerprint density at radius 3 is 2.83 bits per heavy atom. The van der Waals surface area contributed by atoms with Crippen molar-refractivity contribution in [3.05, 3.63) is 35.3 Å². The van der Waals surface area contributed by atoms with Gasteiger partial charge in [-0.15, -0.1) is 11.3 Å². The van der Waals surface area contributed by atoms with Crippen molar-refractivity contribution >= 4 is 28.3 Å². The lowest BCUT2D eigenvalue weighted by atomic mass is 10.1.